The molecule has 0 atom stereocenters. The van der Waals surface area contributed by atoms with Gasteiger partial charge in [-0.2, -0.15) is 0 Å². The highest BCUT2D eigenvalue weighted by Gasteiger charge is 2.05. The number of nitrogens with zero attached hydrogens (tertiary/aromatic N) is 2. The Morgan fingerprint density at radius 3 is 2.84 bits per heavy atom. The lowest BCUT2D eigenvalue weighted by Crippen LogP contribution is -2.04. The van der Waals surface area contributed by atoms with Gasteiger partial charge in [0.2, 0.25) is 0 Å². The van der Waals surface area contributed by atoms with Crippen LogP contribution in [0.5, 0.6) is 0 Å². The molecule has 0 unspecified atom stereocenters. The summed E-state index contributed by atoms with van der Waals surface area (Å²) in [6.07, 6.45) is 0.944. The van der Waals surface area contributed by atoms with Gasteiger partial charge in [0, 0.05) is 18.3 Å². The molecule has 0 fully saturated rings. The van der Waals surface area contributed by atoms with E-state index in [-0.39, 0.29) is 0 Å². The standard InChI is InChI=1S/C14H15N3S2/c1-9-4-3-5-12-13(9)17-14(19-12)15-7-6-11-8-18-10(2)16-11/h3-5,8H,6-7H2,1-2H3,(H,15,17). The van der Waals surface area contributed by atoms with Gasteiger partial charge in [0.25, 0.3) is 0 Å². The molecule has 5 heteroatoms. The first-order valence-electron chi connectivity index (χ1n) is 6.23. The largest absolute Gasteiger partial charge is 0.361 e. The molecule has 0 amide bonds. The zero-order valence-electron chi connectivity index (χ0n) is 10.9. The van der Waals surface area contributed by atoms with Gasteiger partial charge in [0.15, 0.2) is 5.13 Å². The van der Waals surface area contributed by atoms with E-state index in [9.17, 15) is 0 Å². The van der Waals surface area contributed by atoms with Crippen molar-refractivity contribution < 1.29 is 0 Å². The first kappa shape index (κ1) is 12.6. The molecule has 3 rings (SSSR count). The minimum atomic E-state index is 0.877. The average molecular weight is 289 g/mol. The molecule has 1 N–H and O–H groups in total. The van der Waals surface area contributed by atoms with Crippen molar-refractivity contribution >= 4 is 38.0 Å². The summed E-state index contributed by atoms with van der Waals surface area (Å²) in [5.41, 5.74) is 3.50. The Kier molecular flexibility index (Phi) is 3.48. The molecule has 3 aromatic rings. The van der Waals surface area contributed by atoms with Gasteiger partial charge in [-0.3, -0.25) is 0 Å². The monoisotopic (exact) mass is 289 g/mol. The van der Waals surface area contributed by atoms with E-state index in [0.717, 1.165) is 34.3 Å². The van der Waals surface area contributed by atoms with E-state index in [4.69, 9.17) is 0 Å². The zero-order valence-corrected chi connectivity index (χ0v) is 12.6. The molecule has 0 saturated heterocycles. The van der Waals surface area contributed by atoms with E-state index in [1.807, 2.05) is 6.92 Å². The van der Waals surface area contributed by atoms with Gasteiger partial charge in [-0.05, 0) is 25.5 Å². The number of aryl methyl sites for hydroxylation is 2. The maximum Gasteiger partial charge on any atom is 0.183 e. The summed E-state index contributed by atoms with van der Waals surface area (Å²) in [6.45, 7) is 5.02. The van der Waals surface area contributed by atoms with Crippen molar-refractivity contribution in [3.8, 4) is 0 Å². The van der Waals surface area contributed by atoms with E-state index in [1.54, 1.807) is 22.7 Å². The van der Waals surface area contributed by atoms with Gasteiger partial charge in [-0.25, -0.2) is 9.97 Å². The van der Waals surface area contributed by atoms with Gasteiger partial charge in [0.1, 0.15) is 0 Å². The molecular weight excluding hydrogens is 274 g/mol. The molecule has 0 saturated carbocycles. The Bertz CT molecular complexity index is 700. The summed E-state index contributed by atoms with van der Waals surface area (Å²) in [5, 5.41) is 7.64. The summed E-state index contributed by atoms with van der Waals surface area (Å²) in [4.78, 5) is 9.10. The first-order chi connectivity index (χ1) is 9.22. The van der Waals surface area contributed by atoms with Crippen molar-refractivity contribution in [1.82, 2.24) is 9.97 Å². The summed E-state index contributed by atoms with van der Waals surface area (Å²) in [5.74, 6) is 0. The molecular formula is C14H15N3S2. The lowest BCUT2D eigenvalue weighted by molar-refractivity contribution is 0.967. The molecule has 2 aromatic heterocycles. The van der Waals surface area contributed by atoms with E-state index in [1.165, 1.54) is 10.3 Å². The maximum atomic E-state index is 4.64. The second-order valence-electron chi connectivity index (χ2n) is 4.48. The number of fused-ring (bicyclic) bond motifs is 1. The number of thiazole rings is 2. The molecule has 19 heavy (non-hydrogen) atoms. The van der Waals surface area contributed by atoms with Crippen LogP contribution < -0.4 is 5.32 Å². The molecule has 0 radical (unpaired) electrons. The Labute approximate surface area is 120 Å². The molecule has 98 valence electrons. The highest BCUT2D eigenvalue weighted by atomic mass is 32.1. The number of nitrogens with one attached hydrogen (secondary N) is 1. The minimum Gasteiger partial charge on any atom is -0.361 e. The third-order valence-electron chi connectivity index (χ3n) is 2.94. The van der Waals surface area contributed by atoms with Crippen molar-refractivity contribution in [2.45, 2.75) is 20.3 Å². The fraction of sp³-hybridized carbons (Fsp3) is 0.286. The molecule has 0 aliphatic heterocycles. The topological polar surface area (TPSA) is 37.8 Å². The van der Waals surface area contributed by atoms with Gasteiger partial charge in [0.05, 0.1) is 20.9 Å². The van der Waals surface area contributed by atoms with Crippen molar-refractivity contribution in [2.24, 2.45) is 0 Å². The number of benzene rings is 1. The normalized spacial score (nSPS) is 11.1. The number of rotatable bonds is 4. The van der Waals surface area contributed by atoms with Gasteiger partial charge >= 0.3 is 0 Å². The summed E-state index contributed by atoms with van der Waals surface area (Å²) >= 11 is 3.42. The van der Waals surface area contributed by atoms with Crippen LogP contribution in [0.15, 0.2) is 23.6 Å². The van der Waals surface area contributed by atoms with Crippen molar-refractivity contribution in [3.05, 3.63) is 39.8 Å². The quantitative estimate of drug-likeness (QED) is 0.788. The number of anilines is 1. The number of aromatic nitrogens is 2. The van der Waals surface area contributed by atoms with Crippen molar-refractivity contribution in [1.29, 1.82) is 0 Å². The second-order valence-corrected chi connectivity index (χ2v) is 6.57. The molecule has 0 spiro atoms. The Hall–Kier alpha value is -1.46. The Morgan fingerprint density at radius 1 is 1.21 bits per heavy atom. The fourth-order valence-corrected chi connectivity index (χ4v) is 3.60. The molecule has 0 aliphatic carbocycles. The predicted octanol–water partition coefficient (Wildman–Crippen LogP) is 4.02. The highest BCUT2D eigenvalue weighted by molar-refractivity contribution is 7.22. The highest BCUT2D eigenvalue weighted by Crippen LogP contribution is 2.27. The SMILES string of the molecule is Cc1nc(CCNc2nc3c(C)cccc3s2)cs1. The van der Waals surface area contributed by atoms with Crippen molar-refractivity contribution in [2.75, 3.05) is 11.9 Å². The van der Waals surface area contributed by atoms with Gasteiger partial charge < -0.3 is 5.32 Å². The summed E-state index contributed by atoms with van der Waals surface area (Å²) in [6, 6.07) is 6.30. The fourth-order valence-electron chi connectivity index (χ4n) is 1.98. The van der Waals surface area contributed by atoms with Crippen LogP contribution in [0, 0.1) is 13.8 Å². The summed E-state index contributed by atoms with van der Waals surface area (Å²) in [7, 11) is 0. The molecule has 0 aliphatic rings. The van der Waals surface area contributed by atoms with E-state index in [2.05, 4.69) is 45.8 Å². The summed E-state index contributed by atoms with van der Waals surface area (Å²) < 4.78 is 1.24. The van der Waals surface area contributed by atoms with E-state index >= 15 is 0 Å². The van der Waals surface area contributed by atoms with Crippen LogP contribution in [0.2, 0.25) is 0 Å². The van der Waals surface area contributed by atoms with Crippen LogP contribution in [0.1, 0.15) is 16.3 Å². The van der Waals surface area contributed by atoms with Crippen LogP contribution in [-0.4, -0.2) is 16.5 Å². The predicted molar refractivity (Wildman–Crippen MR) is 83.4 cm³/mol. The van der Waals surface area contributed by atoms with E-state index < -0.39 is 0 Å². The van der Waals surface area contributed by atoms with Gasteiger partial charge in [-0.15, -0.1) is 11.3 Å². The molecule has 2 heterocycles. The lowest BCUT2D eigenvalue weighted by atomic mass is 10.2. The molecule has 1 aromatic carbocycles. The van der Waals surface area contributed by atoms with Crippen LogP contribution in [0.3, 0.4) is 0 Å². The average Bonchev–Trinajstić information content (AvgIpc) is 2.97. The van der Waals surface area contributed by atoms with Crippen LogP contribution in [0.25, 0.3) is 10.2 Å². The van der Waals surface area contributed by atoms with Crippen molar-refractivity contribution in [3.63, 3.8) is 0 Å². The Morgan fingerprint density at radius 2 is 2.11 bits per heavy atom. The minimum absolute atomic E-state index is 0.877. The second kappa shape index (κ2) is 5.27. The maximum absolute atomic E-state index is 4.64. The molecule has 0 bridgehead atoms. The Balaban J connectivity index is 1.67. The number of para-hydroxylation sites is 1. The molecule has 3 nitrogen and oxygen atoms in total. The first-order valence-corrected chi connectivity index (χ1v) is 7.93. The third-order valence-corrected chi connectivity index (χ3v) is 4.75. The zero-order chi connectivity index (χ0) is 13.2. The lowest BCUT2D eigenvalue weighted by Gasteiger charge is -1.99. The smallest absolute Gasteiger partial charge is 0.183 e. The van der Waals surface area contributed by atoms with Crippen LogP contribution in [0.4, 0.5) is 5.13 Å². The number of hydrogen-bond acceptors (Lipinski definition) is 5. The van der Waals surface area contributed by atoms with E-state index in [0.29, 0.717) is 0 Å². The van der Waals surface area contributed by atoms with Crippen LogP contribution in [-0.2, 0) is 6.42 Å². The number of hydrogen-bond donors (Lipinski definition) is 1. The van der Waals surface area contributed by atoms with Crippen LogP contribution >= 0.6 is 22.7 Å². The van der Waals surface area contributed by atoms with Gasteiger partial charge in [-0.1, -0.05) is 23.5 Å². The third kappa shape index (κ3) is 2.77.